The van der Waals surface area contributed by atoms with Crippen LogP contribution in [0.3, 0.4) is 0 Å². The molecule has 1 aromatic heterocycles. The van der Waals surface area contributed by atoms with Crippen molar-refractivity contribution in [1.82, 2.24) is 9.88 Å². The van der Waals surface area contributed by atoms with Crippen molar-refractivity contribution < 1.29 is 18.0 Å². The van der Waals surface area contributed by atoms with Gasteiger partial charge in [0.1, 0.15) is 5.82 Å². The van der Waals surface area contributed by atoms with E-state index in [0.717, 1.165) is 31.7 Å². The van der Waals surface area contributed by atoms with Crippen LogP contribution in [0.25, 0.3) is 0 Å². The normalized spacial score (nSPS) is 16.3. The lowest BCUT2D eigenvalue weighted by molar-refractivity contribution is -0.136. The predicted molar refractivity (Wildman–Crippen MR) is 87.1 cm³/mol. The number of piperidine rings is 1. The Hall–Kier alpha value is -1.79. The third-order valence-corrected chi connectivity index (χ3v) is 4.44. The van der Waals surface area contributed by atoms with Crippen molar-refractivity contribution in [2.75, 3.05) is 31.1 Å². The van der Waals surface area contributed by atoms with E-state index in [2.05, 4.69) is 16.8 Å². The molecular formula is C17H24F3N3O. The number of aromatic nitrogens is 1. The molecular weight excluding hydrogens is 319 g/mol. The summed E-state index contributed by atoms with van der Waals surface area (Å²) in [6.07, 6.45) is -1.57. The maximum atomic E-state index is 12.3. The molecule has 0 saturated carbocycles. The van der Waals surface area contributed by atoms with Gasteiger partial charge in [0.2, 0.25) is 0 Å². The summed E-state index contributed by atoms with van der Waals surface area (Å²) in [5.41, 5.74) is 0.327. The highest BCUT2D eigenvalue weighted by Crippen LogP contribution is 2.22. The molecule has 2 rings (SSSR count). The molecule has 7 heteroatoms. The van der Waals surface area contributed by atoms with Gasteiger partial charge in [-0.25, -0.2) is 4.98 Å². The Bertz CT molecular complexity index is 537. The van der Waals surface area contributed by atoms with Crippen LogP contribution in [-0.2, 0) is 0 Å². The summed E-state index contributed by atoms with van der Waals surface area (Å²) >= 11 is 0. The number of nitrogens with zero attached hydrogens (tertiary/aromatic N) is 3. The predicted octanol–water partition coefficient (Wildman–Crippen LogP) is 3.73. The average molecular weight is 343 g/mol. The van der Waals surface area contributed by atoms with Gasteiger partial charge in [0.05, 0.1) is 12.0 Å². The van der Waals surface area contributed by atoms with E-state index in [-0.39, 0.29) is 13.1 Å². The molecule has 0 spiro atoms. The minimum Gasteiger partial charge on any atom is -0.357 e. The highest BCUT2D eigenvalue weighted by Gasteiger charge is 2.29. The number of anilines is 1. The Morgan fingerprint density at radius 1 is 1.33 bits per heavy atom. The first-order valence-electron chi connectivity index (χ1n) is 8.37. The molecule has 1 fully saturated rings. The third kappa shape index (κ3) is 5.11. The van der Waals surface area contributed by atoms with Gasteiger partial charge in [-0.3, -0.25) is 4.79 Å². The molecule has 1 aromatic rings. The van der Waals surface area contributed by atoms with E-state index in [1.165, 1.54) is 11.1 Å². The highest BCUT2D eigenvalue weighted by atomic mass is 19.4. The van der Waals surface area contributed by atoms with Gasteiger partial charge in [-0.15, -0.1) is 0 Å². The quantitative estimate of drug-likeness (QED) is 0.817. The smallest absolute Gasteiger partial charge is 0.357 e. The molecule has 0 aromatic carbocycles. The first kappa shape index (κ1) is 18.5. The second kappa shape index (κ2) is 7.85. The molecule has 1 aliphatic heterocycles. The molecule has 0 aliphatic carbocycles. The van der Waals surface area contributed by atoms with Gasteiger partial charge in [0.15, 0.2) is 0 Å². The molecule has 1 aliphatic rings. The fourth-order valence-corrected chi connectivity index (χ4v) is 2.78. The molecule has 4 nitrogen and oxygen atoms in total. The lowest BCUT2D eigenvalue weighted by Gasteiger charge is -2.31. The number of carbonyl (C=O) groups is 1. The number of carbonyl (C=O) groups excluding carboxylic acids is 1. The van der Waals surface area contributed by atoms with Crippen molar-refractivity contribution in [2.45, 2.75) is 39.3 Å². The van der Waals surface area contributed by atoms with Crippen LogP contribution in [0.5, 0.6) is 0 Å². The monoisotopic (exact) mass is 343 g/mol. The van der Waals surface area contributed by atoms with Gasteiger partial charge >= 0.3 is 6.18 Å². The van der Waals surface area contributed by atoms with Crippen molar-refractivity contribution in [3.8, 4) is 0 Å². The minimum absolute atomic E-state index is 0.237. The first-order valence-corrected chi connectivity index (χ1v) is 8.37. The molecule has 2 heterocycles. The van der Waals surface area contributed by atoms with Crippen molar-refractivity contribution in [3.05, 3.63) is 23.9 Å². The first-order chi connectivity index (χ1) is 11.3. The number of halogens is 3. The standard InChI is InChI=1S/C17H24F3N3O/c1-3-22(11-8-17(18,19)20)16(24)14-4-5-15(21-12-14)23-9-6-13(2)7-10-23/h4-5,12-13H,3,6-11H2,1-2H3. The second-order valence-electron chi connectivity index (χ2n) is 6.32. The average Bonchev–Trinajstić information content (AvgIpc) is 2.55. The van der Waals surface area contributed by atoms with Crippen molar-refractivity contribution in [2.24, 2.45) is 5.92 Å². The lowest BCUT2D eigenvalue weighted by atomic mass is 9.99. The molecule has 0 bridgehead atoms. The maximum absolute atomic E-state index is 12.3. The third-order valence-electron chi connectivity index (χ3n) is 4.44. The molecule has 0 N–H and O–H groups in total. The number of hydrogen-bond acceptors (Lipinski definition) is 3. The summed E-state index contributed by atoms with van der Waals surface area (Å²) < 4.78 is 37.0. The Balaban J connectivity index is 1.99. The van der Waals surface area contributed by atoms with Crippen LogP contribution in [0.15, 0.2) is 18.3 Å². The molecule has 0 radical (unpaired) electrons. The molecule has 1 saturated heterocycles. The van der Waals surface area contributed by atoms with Crippen LogP contribution < -0.4 is 4.90 Å². The Kier molecular flexibility index (Phi) is 6.07. The minimum atomic E-state index is -4.26. The van der Waals surface area contributed by atoms with E-state index in [9.17, 15) is 18.0 Å². The van der Waals surface area contributed by atoms with Crippen molar-refractivity contribution in [3.63, 3.8) is 0 Å². The van der Waals surface area contributed by atoms with Gasteiger partial charge in [-0.05, 0) is 37.8 Å². The number of pyridine rings is 1. The molecule has 0 atom stereocenters. The van der Waals surface area contributed by atoms with Gasteiger partial charge < -0.3 is 9.80 Å². The van der Waals surface area contributed by atoms with Crippen LogP contribution >= 0.6 is 0 Å². The van der Waals surface area contributed by atoms with Crippen molar-refractivity contribution >= 4 is 11.7 Å². The van der Waals surface area contributed by atoms with E-state index in [1.54, 1.807) is 19.1 Å². The number of alkyl halides is 3. The Labute approximate surface area is 140 Å². The summed E-state index contributed by atoms with van der Waals surface area (Å²) in [6.45, 7) is 5.69. The fraction of sp³-hybridized carbons (Fsp3) is 0.647. The van der Waals surface area contributed by atoms with E-state index in [0.29, 0.717) is 11.5 Å². The summed E-state index contributed by atoms with van der Waals surface area (Å²) in [6, 6.07) is 3.43. The maximum Gasteiger partial charge on any atom is 0.390 e. The largest absolute Gasteiger partial charge is 0.390 e. The Morgan fingerprint density at radius 3 is 2.50 bits per heavy atom. The summed E-state index contributed by atoms with van der Waals surface area (Å²) in [4.78, 5) is 20.0. The summed E-state index contributed by atoms with van der Waals surface area (Å²) in [7, 11) is 0. The van der Waals surface area contributed by atoms with Crippen LogP contribution in [0.2, 0.25) is 0 Å². The summed E-state index contributed by atoms with van der Waals surface area (Å²) in [5.74, 6) is 1.12. The SMILES string of the molecule is CCN(CCC(F)(F)F)C(=O)c1ccc(N2CCC(C)CC2)nc1. The van der Waals surface area contributed by atoms with Gasteiger partial charge in [0, 0.05) is 32.4 Å². The summed E-state index contributed by atoms with van der Waals surface area (Å²) in [5, 5.41) is 0. The number of hydrogen-bond donors (Lipinski definition) is 0. The highest BCUT2D eigenvalue weighted by molar-refractivity contribution is 5.94. The molecule has 134 valence electrons. The zero-order valence-electron chi connectivity index (χ0n) is 14.1. The van der Waals surface area contributed by atoms with E-state index in [1.807, 2.05) is 0 Å². The zero-order chi connectivity index (χ0) is 17.7. The fourth-order valence-electron chi connectivity index (χ4n) is 2.78. The lowest BCUT2D eigenvalue weighted by Crippen LogP contribution is -2.35. The van der Waals surface area contributed by atoms with E-state index in [4.69, 9.17) is 0 Å². The van der Waals surface area contributed by atoms with Gasteiger partial charge in [-0.2, -0.15) is 13.2 Å². The van der Waals surface area contributed by atoms with E-state index < -0.39 is 18.5 Å². The number of amides is 1. The molecule has 1 amide bonds. The van der Waals surface area contributed by atoms with Crippen LogP contribution in [0.4, 0.5) is 19.0 Å². The Morgan fingerprint density at radius 2 is 2.00 bits per heavy atom. The van der Waals surface area contributed by atoms with Crippen LogP contribution in [0.1, 0.15) is 43.5 Å². The topological polar surface area (TPSA) is 36.4 Å². The van der Waals surface area contributed by atoms with E-state index >= 15 is 0 Å². The number of rotatable bonds is 5. The zero-order valence-corrected chi connectivity index (χ0v) is 14.1. The van der Waals surface area contributed by atoms with Crippen LogP contribution in [-0.4, -0.2) is 48.1 Å². The van der Waals surface area contributed by atoms with Crippen molar-refractivity contribution in [1.29, 1.82) is 0 Å². The molecule has 24 heavy (non-hydrogen) atoms. The van der Waals surface area contributed by atoms with Gasteiger partial charge in [-0.1, -0.05) is 6.92 Å². The van der Waals surface area contributed by atoms with Crippen LogP contribution in [0, 0.1) is 5.92 Å². The van der Waals surface area contributed by atoms with Gasteiger partial charge in [0.25, 0.3) is 5.91 Å². The molecule has 0 unspecified atom stereocenters. The second-order valence-corrected chi connectivity index (χ2v) is 6.32.